The smallest absolute Gasteiger partial charge is 0.465 e. The van der Waals surface area contributed by atoms with Gasteiger partial charge in [-0.2, -0.15) is 0 Å². The molecule has 2 heteroatoms. The second kappa shape index (κ2) is 15.1. The van der Waals surface area contributed by atoms with Crippen LogP contribution in [0.4, 0.5) is 0 Å². The minimum absolute atomic E-state index is 0.00703. The average molecular weight is 549 g/mol. The van der Waals surface area contributed by atoms with E-state index in [0.29, 0.717) is 40.9 Å². The third-order valence-corrected chi connectivity index (χ3v) is 13.3. The molecule has 0 radical (unpaired) electrons. The van der Waals surface area contributed by atoms with Crippen LogP contribution in [0, 0.1) is 58.2 Å². The Hall–Kier alpha value is 0.492. The quantitative estimate of drug-likeness (QED) is 0.174. The van der Waals surface area contributed by atoms with Crippen LogP contribution in [0.2, 0.25) is 10.1 Å². The van der Waals surface area contributed by atoms with Crippen molar-refractivity contribution in [1.82, 2.24) is 0 Å². The van der Waals surface area contributed by atoms with Crippen molar-refractivity contribution in [3.05, 3.63) is 0 Å². The van der Waals surface area contributed by atoms with E-state index in [2.05, 4.69) is 111 Å². The van der Waals surface area contributed by atoms with Gasteiger partial charge < -0.3 is 3.79 Å². The molecule has 0 aromatic rings. The van der Waals surface area contributed by atoms with Crippen molar-refractivity contribution in [3.63, 3.8) is 0 Å². The molecular weight excluding hydrogens is 475 g/mol. The SMILES string of the molecule is CC(C)C[CH]1[Al]([CH2]C(C)C)[O]C(CC(C)C)(CC(C)C)C(CC(C)C)(CC(C)C)C1(CC(C)C)CC(C)C. The summed E-state index contributed by atoms with van der Waals surface area (Å²) in [5.74, 6) is 5.53. The molecule has 1 unspecified atom stereocenters. The van der Waals surface area contributed by atoms with Gasteiger partial charge in [0.15, 0.2) is 0 Å². The van der Waals surface area contributed by atoms with E-state index in [1.807, 2.05) is 0 Å². The van der Waals surface area contributed by atoms with E-state index < -0.39 is 14.5 Å². The summed E-state index contributed by atoms with van der Waals surface area (Å²) in [5.41, 5.74) is 0.556. The van der Waals surface area contributed by atoms with Crippen molar-refractivity contribution < 1.29 is 3.79 Å². The molecule has 0 aromatic carbocycles. The molecule has 1 heterocycles. The second-order valence-electron chi connectivity index (χ2n) is 17.3. The Morgan fingerprint density at radius 2 is 0.842 bits per heavy atom. The van der Waals surface area contributed by atoms with Gasteiger partial charge in [-0.05, 0) is 90.1 Å². The first kappa shape index (κ1) is 36.5. The van der Waals surface area contributed by atoms with Crippen molar-refractivity contribution in [2.24, 2.45) is 58.2 Å². The normalized spacial score (nSPS) is 21.5. The highest BCUT2D eigenvalue weighted by Gasteiger charge is 2.70. The molecule has 0 bridgehead atoms. The first-order valence-corrected chi connectivity index (χ1v) is 19.0. The van der Waals surface area contributed by atoms with Crippen molar-refractivity contribution in [2.45, 2.75) is 171 Å². The van der Waals surface area contributed by atoms with Gasteiger partial charge in [0.2, 0.25) is 0 Å². The van der Waals surface area contributed by atoms with E-state index >= 15 is 0 Å². The fourth-order valence-electron chi connectivity index (χ4n) is 9.59. The summed E-state index contributed by atoms with van der Waals surface area (Å²) < 4.78 is 8.86. The third kappa shape index (κ3) is 8.99. The molecule has 0 aromatic heterocycles. The molecule has 0 spiro atoms. The minimum Gasteiger partial charge on any atom is -0.495 e. The van der Waals surface area contributed by atoms with Gasteiger partial charge in [-0.3, -0.25) is 0 Å². The molecule has 1 saturated heterocycles. The van der Waals surface area contributed by atoms with Gasteiger partial charge in [-0.25, -0.2) is 0 Å². The molecule has 0 amide bonds. The molecule has 226 valence electrons. The Morgan fingerprint density at radius 3 is 1.13 bits per heavy atom. The Kier molecular flexibility index (Phi) is 14.5. The van der Waals surface area contributed by atoms with E-state index in [4.69, 9.17) is 3.79 Å². The summed E-state index contributed by atoms with van der Waals surface area (Å²) >= 11 is -1.51. The van der Waals surface area contributed by atoms with Crippen molar-refractivity contribution >= 4 is 14.5 Å². The Bertz CT molecular complexity index is 626. The third-order valence-electron chi connectivity index (χ3n) is 9.32. The highest BCUT2D eigenvalue weighted by Crippen LogP contribution is 2.73. The molecule has 1 nitrogen and oxygen atoms in total. The summed E-state index contributed by atoms with van der Waals surface area (Å²) in [5, 5.41) is 1.34. The predicted molar refractivity (Wildman–Crippen MR) is 174 cm³/mol. The molecule has 0 aliphatic carbocycles. The Labute approximate surface area is 247 Å². The van der Waals surface area contributed by atoms with E-state index in [0.717, 1.165) is 16.6 Å². The summed E-state index contributed by atoms with van der Waals surface area (Å²) in [6.45, 7) is 40.0. The van der Waals surface area contributed by atoms with Gasteiger partial charge in [0, 0.05) is 11.0 Å². The summed E-state index contributed by atoms with van der Waals surface area (Å²) in [4.78, 5) is 0. The van der Waals surface area contributed by atoms with Crippen LogP contribution in [0.1, 0.15) is 156 Å². The van der Waals surface area contributed by atoms with Gasteiger partial charge in [0.05, 0.1) is 0 Å². The zero-order valence-electron chi connectivity index (χ0n) is 29.3. The maximum atomic E-state index is 8.10. The van der Waals surface area contributed by atoms with Gasteiger partial charge in [0.25, 0.3) is 0 Å². The Morgan fingerprint density at radius 1 is 0.474 bits per heavy atom. The fourth-order valence-corrected chi connectivity index (χ4v) is 14.3. The summed E-state index contributed by atoms with van der Waals surface area (Å²) in [6.07, 6.45) is 9.23. The summed E-state index contributed by atoms with van der Waals surface area (Å²) in [6, 6.07) is 0. The molecule has 0 N–H and O–H groups in total. The highest BCUT2D eigenvalue weighted by molar-refractivity contribution is 6.54. The van der Waals surface area contributed by atoms with Crippen molar-refractivity contribution in [1.29, 1.82) is 0 Å². The van der Waals surface area contributed by atoms with Crippen LogP contribution in [0.25, 0.3) is 0 Å². The van der Waals surface area contributed by atoms with Gasteiger partial charge in [-0.1, -0.05) is 128 Å². The standard InChI is InChI=1S/C32H64O.C4H9.Al/c1-23(2)15-16-30(17-24(3)4,18-25(5)6)31(19-26(7)8,20-27(9)10)32(33,21-28(11)12)22-29(13)14;1-4(2)3;/h16,23-29H,15,17-22H2,1-14H3;4H,1H2,2-3H3;/q-1;;+1. The maximum Gasteiger partial charge on any atom is 0.465 e. The highest BCUT2D eigenvalue weighted by atomic mass is 27.2. The number of rotatable bonds is 16. The van der Waals surface area contributed by atoms with Gasteiger partial charge >= 0.3 is 14.5 Å². The molecule has 38 heavy (non-hydrogen) atoms. The Balaban J connectivity index is 4.39. The van der Waals surface area contributed by atoms with Crippen LogP contribution in [-0.4, -0.2) is 20.1 Å². The van der Waals surface area contributed by atoms with Crippen molar-refractivity contribution in [2.75, 3.05) is 0 Å². The molecular formula is C36H73AlO. The monoisotopic (exact) mass is 549 g/mol. The lowest BCUT2D eigenvalue weighted by Crippen LogP contribution is -2.70. The van der Waals surface area contributed by atoms with E-state index in [9.17, 15) is 0 Å². The molecule has 1 atom stereocenters. The van der Waals surface area contributed by atoms with Crippen LogP contribution in [0.3, 0.4) is 0 Å². The van der Waals surface area contributed by atoms with E-state index in [-0.39, 0.29) is 11.0 Å². The minimum atomic E-state index is -1.51. The van der Waals surface area contributed by atoms with E-state index in [1.165, 1.54) is 50.2 Å². The fraction of sp³-hybridized carbons (Fsp3) is 1.00. The topological polar surface area (TPSA) is 9.23 Å². The molecule has 1 rings (SSSR count). The van der Waals surface area contributed by atoms with Crippen LogP contribution in [-0.2, 0) is 3.79 Å². The van der Waals surface area contributed by atoms with Crippen LogP contribution >= 0.6 is 0 Å². The maximum absolute atomic E-state index is 8.10. The molecule has 1 fully saturated rings. The largest absolute Gasteiger partial charge is 0.495 e. The lowest BCUT2D eigenvalue weighted by Gasteiger charge is -2.71. The van der Waals surface area contributed by atoms with E-state index in [1.54, 1.807) is 0 Å². The predicted octanol–water partition coefficient (Wildman–Crippen LogP) is 12.1. The van der Waals surface area contributed by atoms with Gasteiger partial charge in [-0.15, -0.1) is 0 Å². The number of hydrogen-bond acceptors (Lipinski definition) is 1. The van der Waals surface area contributed by atoms with Crippen molar-refractivity contribution in [3.8, 4) is 0 Å². The zero-order chi connectivity index (χ0) is 29.6. The molecule has 1 aliphatic rings. The second-order valence-corrected chi connectivity index (χ2v) is 19.9. The van der Waals surface area contributed by atoms with Gasteiger partial charge in [0.1, 0.15) is 0 Å². The zero-order valence-corrected chi connectivity index (χ0v) is 30.5. The lowest BCUT2D eigenvalue weighted by atomic mass is 9.43. The number of hydrogen-bond donors (Lipinski definition) is 0. The molecule has 1 aliphatic heterocycles. The van der Waals surface area contributed by atoms with Crippen LogP contribution < -0.4 is 0 Å². The first-order chi connectivity index (χ1) is 17.3. The molecule has 0 saturated carbocycles. The summed E-state index contributed by atoms with van der Waals surface area (Å²) in [7, 11) is 0. The average Bonchev–Trinajstić information content (AvgIpc) is 2.66. The first-order valence-electron chi connectivity index (χ1n) is 17.0. The van der Waals surface area contributed by atoms with Crippen LogP contribution in [0.5, 0.6) is 0 Å². The lowest BCUT2D eigenvalue weighted by molar-refractivity contribution is -0.219. The van der Waals surface area contributed by atoms with Crippen LogP contribution in [0.15, 0.2) is 0 Å².